The number of aromatic nitrogens is 3. The van der Waals surface area contributed by atoms with E-state index in [0.29, 0.717) is 11.7 Å². The van der Waals surface area contributed by atoms with E-state index in [-0.39, 0.29) is 0 Å². The second kappa shape index (κ2) is 6.57. The van der Waals surface area contributed by atoms with E-state index in [1.165, 1.54) is 12.8 Å². The van der Waals surface area contributed by atoms with Crippen molar-refractivity contribution in [2.45, 2.75) is 19.4 Å². The lowest BCUT2D eigenvalue weighted by Gasteiger charge is -2.10. The van der Waals surface area contributed by atoms with Crippen LogP contribution in [0, 0.1) is 5.92 Å². The minimum atomic E-state index is 0.675. The number of rotatable bonds is 5. The highest BCUT2D eigenvalue weighted by Crippen LogP contribution is 2.27. The first kappa shape index (κ1) is 15.1. The number of thiocarbonyl (C=S) groups is 1. The molecule has 0 atom stereocenters. The summed E-state index contributed by atoms with van der Waals surface area (Å²) in [4.78, 5) is 8.95. The number of fused-ring (bicyclic) bond motifs is 1. The van der Waals surface area contributed by atoms with Gasteiger partial charge < -0.3 is 10.6 Å². The van der Waals surface area contributed by atoms with E-state index in [0.717, 1.165) is 34.9 Å². The predicted molar refractivity (Wildman–Crippen MR) is 99.0 cm³/mol. The summed E-state index contributed by atoms with van der Waals surface area (Å²) in [6.45, 7) is 1.66. The molecule has 6 heteroatoms. The van der Waals surface area contributed by atoms with Crippen molar-refractivity contribution in [1.29, 1.82) is 0 Å². The van der Waals surface area contributed by atoms with Gasteiger partial charge in [-0.25, -0.2) is 9.97 Å². The third-order valence-electron chi connectivity index (χ3n) is 4.21. The molecule has 1 aromatic carbocycles. The molecule has 3 aromatic rings. The lowest BCUT2D eigenvalue weighted by Crippen LogP contribution is -2.35. The Morgan fingerprint density at radius 2 is 2.00 bits per heavy atom. The summed E-state index contributed by atoms with van der Waals surface area (Å²) >= 11 is 5.29. The first-order valence-electron chi connectivity index (χ1n) is 8.19. The molecule has 4 rings (SSSR count). The summed E-state index contributed by atoms with van der Waals surface area (Å²) in [6, 6.07) is 12.1. The molecule has 1 aliphatic carbocycles. The van der Waals surface area contributed by atoms with Crippen molar-refractivity contribution in [3.63, 3.8) is 0 Å². The van der Waals surface area contributed by atoms with Crippen molar-refractivity contribution in [2.24, 2.45) is 5.92 Å². The normalized spacial score (nSPS) is 13.8. The third kappa shape index (κ3) is 3.38. The van der Waals surface area contributed by atoms with Crippen LogP contribution >= 0.6 is 12.2 Å². The van der Waals surface area contributed by atoms with E-state index in [2.05, 4.69) is 26.7 Å². The van der Waals surface area contributed by atoms with Gasteiger partial charge in [0.2, 0.25) is 0 Å². The zero-order valence-electron chi connectivity index (χ0n) is 13.3. The van der Waals surface area contributed by atoms with Crippen LogP contribution in [0.3, 0.4) is 0 Å². The molecule has 0 unspecified atom stereocenters. The summed E-state index contributed by atoms with van der Waals surface area (Å²) in [6.07, 6.45) is 6.33. The first-order valence-corrected chi connectivity index (χ1v) is 8.59. The monoisotopic (exact) mass is 337 g/mol. The van der Waals surface area contributed by atoms with Gasteiger partial charge in [-0.1, -0.05) is 18.2 Å². The Labute approximate surface area is 146 Å². The molecule has 1 aliphatic rings. The van der Waals surface area contributed by atoms with Gasteiger partial charge in [0, 0.05) is 19.3 Å². The van der Waals surface area contributed by atoms with Gasteiger partial charge in [-0.2, -0.15) is 0 Å². The van der Waals surface area contributed by atoms with Crippen LogP contribution in [0.2, 0.25) is 0 Å². The number of nitrogens with one attached hydrogen (secondary N) is 2. The number of pyridine rings is 1. The van der Waals surface area contributed by atoms with E-state index >= 15 is 0 Å². The third-order valence-corrected chi connectivity index (χ3v) is 4.50. The number of nitrogens with zero attached hydrogens (tertiary/aromatic N) is 3. The van der Waals surface area contributed by atoms with Gasteiger partial charge in [0.15, 0.2) is 5.11 Å². The van der Waals surface area contributed by atoms with Gasteiger partial charge in [0.1, 0.15) is 12.1 Å². The van der Waals surface area contributed by atoms with E-state index in [4.69, 9.17) is 12.2 Å². The van der Waals surface area contributed by atoms with Gasteiger partial charge in [0.25, 0.3) is 0 Å². The Hall–Kier alpha value is -2.47. The Kier molecular flexibility index (Phi) is 4.13. The van der Waals surface area contributed by atoms with Crippen molar-refractivity contribution in [3.05, 3.63) is 54.5 Å². The summed E-state index contributed by atoms with van der Waals surface area (Å²) in [5, 5.41) is 7.20. The highest BCUT2D eigenvalue weighted by atomic mass is 32.1. The first-order chi connectivity index (χ1) is 11.8. The fraction of sp³-hybridized carbons (Fsp3) is 0.278. The molecule has 0 amide bonds. The maximum Gasteiger partial charge on any atom is 0.166 e. The van der Waals surface area contributed by atoms with Crippen molar-refractivity contribution >= 4 is 28.4 Å². The van der Waals surface area contributed by atoms with E-state index in [1.807, 2.05) is 47.4 Å². The van der Waals surface area contributed by atoms with Gasteiger partial charge in [-0.3, -0.25) is 4.57 Å². The average molecular weight is 337 g/mol. The van der Waals surface area contributed by atoms with E-state index in [9.17, 15) is 0 Å². The van der Waals surface area contributed by atoms with Crippen LogP contribution in [0.1, 0.15) is 18.4 Å². The Morgan fingerprint density at radius 3 is 2.79 bits per heavy atom. The molecular formula is C18H19N5S. The van der Waals surface area contributed by atoms with E-state index in [1.54, 1.807) is 0 Å². The van der Waals surface area contributed by atoms with Crippen LogP contribution < -0.4 is 10.6 Å². The van der Waals surface area contributed by atoms with Gasteiger partial charge in [0.05, 0.1) is 11.0 Å². The minimum absolute atomic E-state index is 0.675. The predicted octanol–water partition coefficient (Wildman–Crippen LogP) is 2.79. The maximum atomic E-state index is 5.29. The number of hydrogen-bond acceptors (Lipinski definition) is 3. The lowest BCUT2D eigenvalue weighted by atomic mass is 10.2. The Morgan fingerprint density at radius 1 is 1.12 bits per heavy atom. The quantitative estimate of drug-likeness (QED) is 0.701. The molecule has 122 valence electrons. The molecular weight excluding hydrogens is 318 g/mol. The molecule has 0 aliphatic heterocycles. The molecule has 2 aromatic heterocycles. The largest absolute Gasteiger partial charge is 0.362 e. The highest BCUT2D eigenvalue weighted by Gasteiger charge is 2.20. The number of para-hydroxylation sites is 2. The Balaban J connectivity index is 1.40. The summed E-state index contributed by atoms with van der Waals surface area (Å²) in [5.41, 5.74) is 3.12. The molecule has 2 heterocycles. The van der Waals surface area contributed by atoms with Gasteiger partial charge in [-0.15, -0.1) is 0 Å². The summed E-state index contributed by atoms with van der Waals surface area (Å²) < 4.78 is 1.99. The van der Waals surface area contributed by atoms with E-state index < -0.39 is 0 Å². The molecule has 24 heavy (non-hydrogen) atoms. The van der Waals surface area contributed by atoms with Crippen LogP contribution in [0.4, 0.5) is 0 Å². The van der Waals surface area contributed by atoms with Crippen molar-refractivity contribution < 1.29 is 0 Å². The van der Waals surface area contributed by atoms with Crippen LogP contribution in [0.15, 0.2) is 48.9 Å². The number of hydrogen-bond donors (Lipinski definition) is 2. The number of imidazole rings is 1. The smallest absolute Gasteiger partial charge is 0.166 e. The molecule has 0 radical (unpaired) electrons. The fourth-order valence-corrected chi connectivity index (χ4v) is 2.76. The maximum absolute atomic E-state index is 5.29. The standard InChI is InChI=1S/C18H19N5S/c24-18(20-9-13-5-6-13)21-11-14-7-8-17(19-10-14)23-12-22-15-3-1-2-4-16(15)23/h1-4,7-8,10,12-13H,5-6,9,11H2,(H2,20,21,24). The fourth-order valence-electron chi connectivity index (χ4n) is 2.61. The van der Waals surface area contributed by atoms with Crippen LogP contribution in [-0.4, -0.2) is 26.2 Å². The zero-order chi connectivity index (χ0) is 16.4. The molecule has 0 bridgehead atoms. The second-order valence-electron chi connectivity index (χ2n) is 6.13. The molecule has 0 saturated heterocycles. The zero-order valence-corrected chi connectivity index (χ0v) is 14.1. The van der Waals surface area contributed by atoms with Crippen LogP contribution in [0.5, 0.6) is 0 Å². The topological polar surface area (TPSA) is 54.8 Å². The highest BCUT2D eigenvalue weighted by molar-refractivity contribution is 7.80. The van der Waals surface area contributed by atoms with Crippen LogP contribution in [-0.2, 0) is 6.54 Å². The Bertz CT molecular complexity index is 851. The van der Waals surface area contributed by atoms with Crippen molar-refractivity contribution in [1.82, 2.24) is 25.2 Å². The molecule has 1 saturated carbocycles. The number of benzene rings is 1. The van der Waals surface area contributed by atoms with Crippen molar-refractivity contribution in [3.8, 4) is 5.82 Å². The molecule has 2 N–H and O–H groups in total. The summed E-state index contributed by atoms with van der Waals surface area (Å²) in [7, 11) is 0. The SMILES string of the molecule is S=C(NCc1ccc(-n2cnc3ccccc32)nc1)NCC1CC1. The second-order valence-corrected chi connectivity index (χ2v) is 6.54. The molecule has 5 nitrogen and oxygen atoms in total. The minimum Gasteiger partial charge on any atom is -0.362 e. The van der Waals surface area contributed by atoms with Gasteiger partial charge in [-0.05, 0) is 54.7 Å². The van der Waals surface area contributed by atoms with Crippen LogP contribution in [0.25, 0.3) is 16.9 Å². The molecule has 0 spiro atoms. The summed E-state index contributed by atoms with van der Waals surface area (Å²) in [5.74, 6) is 1.68. The lowest BCUT2D eigenvalue weighted by molar-refractivity contribution is 0.749. The average Bonchev–Trinajstić information content (AvgIpc) is 3.36. The molecule has 1 fully saturated rings. The van der Waals surface area contributed by atoms with Gasteiger partial charge >= 0.3 is 0 Å². The van der Waals surface area contributed by atoms with Crippen molar-refractivity contribution in [2.75, 3.05) is 6.54 Å².